The highest BCUT2D eigenvalue weighted by Crippen LogP contribution is 2.31. The number of hydrogen-bond donors (Lipinski definition) is 0. The number of aryl methyl sites for hydroxylation is 1. The number of nitrogens with zero attached hydrogens (tertiary/aromatic N) is 3. The second kappa shape index (κ2) is 12.5. The number of aromatic nitrogens is 1. The topological polar surface area (TPSA) is 54.9 Å². The monoisotopic (exact) mass is 499 g/mol. The third-order valence-corrected chi connectivity index (χ3v) is 8.04. The van der Waals surface area contributed by atoms with Crippen molar-refractivity contribution in [2.24, 2.45) is 0 Å². The van der Waals surface area contributed by atoms with Gasteiger partial charge in [-0.05, 0) is 54.8 Å². The quantitative estimate of drug-likeness (QED) is 0.342. The molecule has 3 aromatic rings. The van der Waals surface area contributed by atoms with E-state index >= 15 is 0 Å². The van der Waals surface area contributed by atoms with Crippen LogP contribution in [0.25, 0.3) is 10.2 Å². The smallest absolute Gasteiger partial charge is 0.229 e. The highest BCUT2D eigenvalue weighted by molar-refractivity contribution is 7.99. The molecule has 34 heavy (non-hydrogen) atoms. The Morgan fingerprint density at radius 3 is 2.74 bits per heavy atom. The van der Waals surface area contributed by atoms with Crippen LogP contribution < -0.4 is 9.64 Å². The first-order valence-electron chi connectivity index (χ1n) is 11.9. The predicted octanol–water partition coefficient (Wildman–Crippen LogP) is 5.11. The van der Waals surface area contributed by atoms with Gasteiger partial charge in [0.1, 0.15) is 5.75 Å². The van der Waals surface area contributed by atoms with Crippen molar-refractivity contribution in [1.82, 2.24) is 9.88 Å². The molecule has 0 saturated carbocycles. The van der Waals surface area contributed by atoms with Gasteiger partial charge in [-0.3, -0.25) is 14.6 Å². The summed E-state index contributed by atoms with van der Waals surface area (Å²) in [5.41, 5.74) is 2.26. The molecule has 0 radical (unpaired) electrons. The van der Waals surface area contributed by atoms with E-state index in [1.165, 1.54) is 5.56 Å². The van der Waals surface area contributed by atoms with Gasteiger partial charge < -0.3 is 9.47 Å². The summed E-state index contributed by atoms with van der Waals surface area (Å²) in [4.78, 5) is 23.6. The number of morpholine rings is 1. The van der Waals surface area contributed by atoms with Crippen LogP contribution in [0.5, 0.6) is 5.75 Å². The fraction of sp³-hybridized carbons (Fsp3) is 0.462. The lowest BCUT2D eigenvalue weighted by Crippen LogP contribution is -2.39. The van der Waals surface area contributed by atoms with Crippen LogP contribution in [-0.4, -0.2) is 68.0 Å². The maximum Gasteiger partial charge on any atom is 0.229 e. The molecule has 0 bridgehead atoms. The van der Waals surface area contributed by atoms with Crippen molar-refractivity contribution >= 4 is 44.4 Å². The van der Waals surface area contributed by atoms with Crippen LogP contribution in [0.4, 0.5) is 5.13 Å². The van der Waals surface area contributed by atoms with E-state index in [-0.39, 0.29) is 5.91 Å². The van der Waals surface area contributed by atoms with E-state index in [1.807, 2.05) is 29.2 Å². The number of thiazole rings is 1. The number of anilines is 1. The summed E-state index contributed by atoms with van der Waals surface area (Å²) in [6.07, 6.45) is 2.39. The summed E-state index contributed by atoms with van der Waals surface area (Å²) in [6.45, 7) is 7.33. The standard InChI is InChI=1S/C26H33N3O3S2/c1-3-20-5-10-23-24(19-20)34-26(27-23)29(13-4-12-28-14-16-32-17-15-28)25(30)11-18-33-22-8-6-21(31-2)7-9-22/h5-10,19H,3-4,11-18H2,1-2H3. The lowest BCUT2D eigenvalue weighted by molar-refractivity contribution is -0.118. The Morgan fingerprint density at radius 2 is 2.00 bits per heavy atom. The van der Waals surface area contributed by atoms with Crippen LogP contribution in [-0.2, 0) is 16.0 Å². The van der Waals surface area contributed by atoms with Crippen molar-refractivity contribution in [1.29, 1.82) is 0 Å². The van der Waals surface area contributed by atoms with Crippen LogP contribution in [0.15, 0.2) is 47.4 Å². The molecule has 8 heteroatoms. The molecular weight excluding hydrogens is 466 g/mol. The predicted molar refractivity (Wildman–Crippen MR) is 142 cm³/mol. The van der Waals surface area contributed by atoms with Crippen molar-refractivity contribution < 1.29 is 14.3 Å². The summed E-state index contributed by atoms with van der Waals surface area (Å²) < 4.78 is 11.8. The number of benzene rings is 2. The van der Waals surface area contributed by atoms with Crippen LogP contribution in [0.3, 0.4) is 0 Å². The Bertz CT molecular complexity index is 1060. The first kappa shape index (κ1) is 25.0. The van der Waals surface area contributed by atoms with Gasteiger partial charge >= 0.3 is 0 Å². The average Bonchev–Trinajstić information content (AvgIpc) is 3.30. The first-order valence-corrected chi connectivity index (χ1v) is 13.7. The van der Waals surface area contributed by atoms with Crippen LogP contribution in [0, 0.1) is 0 Å². The number of ether oxygens (including phenoxy) is 2. The average molecular weight is 500 g/mol. The number of amides is 1. The highest BCUT2D eigenvalue weighted by Gasteiger charge is 2.20. The minimum Gasteiger partial charge on any atom is -0.497 e. The lowest BCUT2D eigenvalue weighted by Gasteiger charge is -2.27. The van der Waals surface area contributed by atoms with Crippen LogP contribution in [0.1, 0.15) is 25.3 Å². The number of thioether (sulfide) groups is 1. The van der Waals surface area contributed by atoms with E-state index in [0.717, 1.165) is 77.4 Å². The molecule has 1 amide bonds. The van der Waals surface area contributed by atoms with Gasteiger partial charge in [-0.25, -0.2) is 4.98 Å². The molecule has 0 spiro atoms. The van der Waals surface area contributed by atoms with Gasteiger partial charge in [0.05, 0.1) is 30.5 Å². The molecule has 2 aromatic carbocycles. The van der Waals surface area contributed by atoms with Crippen molar-refractivity contribution in [3.63, 3.8) is 0 Å². The number of methoxy groups -OCH3 is 1. The number of hydrogen-bond acceptors (Lipinski definition) is 7. The second-order valence-electron chi connectivity index (χ2n) is 8.28. The van der Waals surface area contributed by atoms with E-state index in [4.69, 9.17) is 14.5 Å². The van der Waals surface area contributed by atoms with E-state index in [9.17, 15) is 4.79 Å². The Kier molecular flexibility index (Phi) is 9.21. The molecule has 6 nitrogen and oxygen atoms in total. The summed E-state index contributed by atoms with van der Waals surface area (Å²) in [5, 5.41) is 0.810. The summed E-state index contributed by atoms with van der Waals surface area (Å²) >= 11 is 3.32. The Morgan fingerprint density at radius 1 is 1.21 bits per heavy atom. The second-order valence-corrected chi connectivity index (χ2v) is 10.5. The summed E-state index contributed by atoms with van der Waals surface area (Å²) in [6, 6.07) is 14.4. The van der Waals surface area contributed by atoms with Gasteiger partial charge in [0.2, 0.25) is 5.91 Å². The largest absolute Gasteiger partial charge is 0.497 e. The van der Waals surface area contributed by atoms with Crippen LogP contribution in [0.2, 0.25) is 0 Å². The van der Waals surface area contributed by atoms with Crippen molar-refractivity contribution in [2.45, 2.75) is 31.1 Å². The zero-order valence-electron chi connectivity index (χ0n) is 20.0. The molecule has 182 valence electrons. The third-order valence-electron chi connectivity index (χ3n) is 5.99. The Hall–Kier alpha value is -2.13. The minimum absolute atomic E-state index is 0.137. The summed E-state index contributed by atoms with van der Waals surface area (Å²) in [5.74, 6) is 1.71. The zero-order chi connectivity index (χ0) is 23.8. The Balaban J connectivity index is 1.41. The fourth-order valence-corrected chi connectivity index (χ4v) is 5.87. The first-order chi connectivity index (χ1) is 16.7. The minimum atomic E-state index is 0.137. The number of fused-ring (bicyclic) bond motifs is 1. The van der Waals surface area contributed by atoms with Gasteiger partial charge in [-0.2, -0.15) is 0 Å². The maximum atomic E-state index is 13.3. The van der Waals surface area contributed by atoms with E-state index in [2.05, 4.69) is 30.0 Å². The molecule has 1 aromatic heterocycles. The molecule has 1 aliphatic heterocycles. The maximum absolute atomic E-state index is 13.3. The van der Waals surface area contributed by atoms with Crippen molar-refractivity contribution in [2.75, 3.05) is 57.2 Å². The molecule has 0 N–H and O–H groups in total. The molecule has 1 saturated heterocycles. The van der Waals surface area contributed by atoms with Gasteiger partial charge in [0, 0.05) is 43.2 Å². The van der Waals surface area contributed by atoms with Gasteiger partial charge in [0.15, 0.2) is 5.13 Å². The van der Waals surface area contributed by atoms with E-state index in [0.29, 0.717) is 13.0 Å². The van der Waals surface area contributed by atoms with Crippen molar-refractivity contribution in [3.8, 4) is 5.75 Å². The van der Waals surface area contributed by atoms with Gasteiger partial charge in [0.25, 0.3) is 0 Å². The SMILES string of the molecule is CCc1ccc2nc(N(CCCN3CCOCC3)C(=O)CCSc3ccc(OC)cc3)sc2c1. The molecule has 1 fully saturated rings. The molecule has 1 aliphatic rings. The third kappa shape index (κ3) is 6.72. The molecule has 0 aliphatic carbocycles. The molecule has 0 unspecified atom stereocenters. The molecule has 0 atom stereocenters. The summed E-state index contributed by atoms with van der Waals surface area (Å²) in [7, 11) is 1.67. The number of carbonyl (C=O) groups excluding carboxylic acids is 1. The van der Waals surface area contributed by atoms with Crippen LogP contribution >= 0.6 is 23.1 Å². The zero-order valence-corrected chi connectivity index (χ0v) is 21.6. The number of carbonyl (C=O) groups is 1. The lowest BCUT2D eigenvalue weighted by atomic mass is 10.2. The normalized spacial score (nSPS) is 14.4. The van der Waals surface area contributed by atoms with Gasteiger partial charge in [-0.1, -0.05) is 24.3 Å². The number of rotatable bonds is 11. The molecular formula is C26H33N3O3S2. The molecule has 2 heterocycles. The molecule has 4 rings (SSSR count). The Labute approximate surface area is 210 Å². The van der Waals surface area contributed by atoms with Gasteiger partial charge in [-0.15, -0.1) is 11.8 Å². The van der Waals surface area contributed by atoms with Crippen molar-refractivity contribution in [3.05, 3.63) is 48.0 Å². The highest BCUT2D eigenvalue weighted by atomic mass is 32.2. The van der Waals surface area contributed by atoms with E-state index < -0.39 is 0 Å². The van der Waals surface area contributed by atoms with E-state index in [1.54, 1.807) is 30.2 Å². The fourth-order valence-electron chi connectivity index (χ4n) is 3.96.